The molecule has 0 aliphatic heterocycles. The topological polar surface area (TPSA) is 26.3 Å². The van der Waals surface area contributed by atoms with E-state index >= 15 is 0 Å². The summed E-state index contributed by atoms with van der Waals surface area (Å²) in [6, 6.07) is 8.67. The highest BCUT2D eigenvalue weighted by Gasteiger charge is 2.12. The zero-order chi connectivity index (χ0) is 17.4. The van der Waals surface area contributed by atoms with Gasteiger partial charge in [-0.05, 0) is 62.3 Å². The van der Waals surface area contributed by atoms with E-state index in [2.05, 4.69) is 43.3 Å². The van der Waals surface area contributed by atoms with E-state index in [0.717, 1.165) is 12.0 Å². The standard InChI is InChI=1S/C22H26O2/c1-4-24-22(23)16-18(3)10-7-9-17(2)15-20-13-8-12-19-11-5-6-14-21(19)20/h5-7,9-11,14-16H,4,8,12-13H2,1-3H3/b10-7+,17-9+,18-16-,20-15+. The lowest BCUT2D eigenvalue weighted by molar-refractivity contribution is -0.137. The summed E-state index contributed by atoms with van der Waals surface area (Å²) in [5, 5.41) is 0. The Labute approximate surface area is 145 Å². The molecule has 24 heavy (non-hydrogen) atoms. The minimum Gasteiger partial charge on any atom is -0.463 e. The van der Waals surface area contributed by atoms with E-state index in [1.165, 1.54) is 41.2 Å². The molecule has 0 fully saturated rings. The number of ether oxygens (including phenoxy) is 1. The lowest BCUT2D eigenvalue weighted by Crippen LogP contribution is -2.01. The van der Waals surface area contributed by atoms with Crippen LogP contribution in [0.15, 0.2) is 65.8 Å². The van der Waals surface area contributed by atoms with Crippen molar-refractivity contribution in [1.29, 1.82) is 0 Å². The van der Waals surface area contributed by atoms with E-state index in [1.807, 2.05) is 19.1 Å². The van der Waals surface area contributed by atoms with Gasteiger partial charge in [-0.1, -0.05) is 54.1 Å². The molecule has 2 nitrogen and oxygen atoms in total. The van der Waals surface area contributed by atoms with E-state index in [9.17, 15) is 4.79 Å². The average molecular weight is 322 g/mol. The van der Waals surface area contributed by atoms with Crippen molar-refractivity contribution in [3.63, 3.8) is 0 Å². The molecular weight excluding hydrogens is 296 g/mol. The number of rotatable bonds is 5. The van der Waals surface area contributed by atoms with Crippen molar-refractivity contribution in [3.05, 3.63) is 76.9 Å². The van der Waals surface area contributed by atoms with Crippen LogP contribution >= 0.6 is 0 Å². The second kappa shape index (κ2) is 9.07. The molecule has 0 bridgehead atoms. The number of allylic oxidation sites excluding steroid dienone is 7. The molecule has 0 spiro atoms. The Morgan fingerprint density at radius 1 is 1.17 bits per heavy atom. The molecule has 0 saturated heterocycles. The molecule has 2 rings (SSSR count). The lowest BCUT2D eigenvalue weighted by Gasteiger charge is -2.18. The molecule has 0 aromatic heterocycles. The SMILES string of the molecule is CCOC(=O)\C=C(C)/C=C/C=C(C)/C=C1\CCCc2ccccc21. The van der Waals surface area contributed by atoms with Gasteiger partial charge in [0.2, 0.25) is 0 Å². The number of carbonyl (C=O) groups excluding carboxylic acids is 1. The molecule has 0 heterocycles. The van der Waals surface area contributed by atoms with Gasteiger partial charge in [-0.3, -0.25) is 0 Å². The largest absolute Gasteiger partial charge is 0.463 e. The molecule has 0 N–H and O–H groups in total. The number of aryl methyl sites for hydroxylation is 1. The monoisotopic (exact) mass is 322 g/mol. The van der Waals surface area contributed by atoms with Crippen LogP contribution in [0.4, 0.5) is 0 Å². The highest BCUT2D eigenvalue weighted by atomic mass is 16.5. The molecule has 0 atom stereocenters. The Balaban J connectivity index is 2.07. The maximum atomic E-state index is 11.4. The highest BCUT2D eigenvalue weighted by Crippen LogP contribution is 2.31. The van der Waals surface area contributed by atoms with Gasteiger partial charge in [-0.25, -0.2) is 4.79 Å². The van der Waals surface area contributed by atoms with Crippen molar-refractivity contribution >= 4 is 11.5 Å². The fourth-order valence-corrected chi connectivity index (χ4v) is 2.90. The van der Waals surface area contributed by atoms with Gasteiger partial charge < -0.3 is 4.74 Å². The summed E-state index contributed by atoms with van der Waals surface area (Å²) in [7, 11) is 0. The van der Waals surface area contributed by atoms with E-state index in [4.69, 9.17) is 4.74 Å². The third kappa shape index (κ3) is 5.38. The number of esters is 1. The van der Waals surface area contributed by atoms with Crippen molar-refractivity contribution in [1.82, 2.24) is 0 Å². The number of hydrogen-bond donors (Lipinski definition) is 0. The first-order chi connectivity index (χ1) is 11.6. The summed E-state index contributed by atoms with van der Waals surface area (Å²) in [4.78, 5) is 11.4. The van der Waals surface area contributed by atoms with Crippen molar-refractivity contribution in [3.8, 4) is 0 Å². The maximum absolute atomic E-state index is 11.4. The summed E-state index contributed by atoms with van der Waals surface area (Å²) < 4.78 is 4.90. The Morgan fingerprint density at radius 2 is 1.96 bits per heavy atom. The molecule has 0 unspecified atom stereocenters. The number of benzene rings is 1. The normalized spacial score (nSPS) is 17.2. The van der Waals surface area contributed by atoms with E-state index in [-0.39, 0.29) is 5.97 Å². The fraction of sp³-hybridized carbons (Fsp3) is 0.318. The minimum atomic E-state index is -0.290. The molecule has 126 valence electrons. The van der Waals surface area contributed by atoms with Gasteiger partial charge in [0.15, 0.2) is 0 Å². The van der Waals surface area contributed by atoms with Gasteiger partial charge in [-0.15, -0.1) is 0 Å². The van der Waals surface area contributed by atoms with Crippen LogP contribution in [0.2, 0.25) is 0 Å². The zero-order valence-electron chi connectivity index (χ0n) is 14.8. The molecule has 1 aliphatic rings. The molecule has 1 aromatic rings. The van der Waals surface area contributed by atoms with Gasteiger partial charge in [0, 0.05) is 6.08 Å². The Bertz CT molecular complexity index is 702. The smallest absolute Gasteiger partial charge is 0.330 e. The van der Waals surface area contributed by atoms with Crippen LogP contribution in [-0.4, -0.2) is 12.6 Å². The Hall–Kier alpha value is -2.35. The molecule has 1 aliphatic carbocycles. The minimum absolute atomic E-state index is 0.290. The summed E-state index contributed by atoms with van der Waals surface area (Å²) in [6.45, 7) is 6.21. The molecule has 0 amide bonds. The van der Waals surface area contributed by atoms with Gasteiger partial charge in [0.05, 0.1) is 6.61 Å². The predicted octanol–water partition coefficient (Wildman–Crippen LogP) is 5.42. The van der Waals surface area contributed by atoms with Crippen LogP contribution in [0, 0.1) is 0 Å². The summed E-state index contributed by atoms with van der Waals surface area (Å²) in [5.41, 5.74) is 6.35. The van der Waals surface area contributed by atoms with Gasteiger partial charge in [-0.2, -0.15) is 0 Å². The zero-order valence-corrected chi connectivity index (χ0v) is 14.8. The number of fused-ring (bicyclic) bond motifs is 1. The fourth-order valence-electron chi connectivity index (χ4n) is 2.90. The van der Waals surface area contributed by atoms with Crippen LogP contribution in [0.1, 0.15) is 44.7 Å². The van der Waals surface area contributed by atoms with E-state index in [0.29, 0.717) is 6.61 Å². The Kier molecular flexibility index (Phi) is 6.80. The van der Waals surface area contributed by atoms with E-state index in [1.54, 1.807) is 6.92 Å². The summed E-state index contributed by atoms with van der Waals surface area (Å²) in [5.74, 6) is -0.290. The highest BCUT2D eigenvalue weighted by molar-refractivity contribution is 5.83. The summed E-state index contributed by atoms with van der Waals surface area (Å²) >= 11 is 0. The van der Waals surface area contributed by atoms with Crippen LogP contribution in [-0.2, 0) is 16.0 Å². The van der Waals surface area contributed by atoms with Crippen LogP contribution in [0.25, 0.3) is 5.57 Å². The number of hydrogen-bond acceptors (Lipinski definition) is 2. The van der Waals surface area contributed by atoms with Crippen molar-refractivity contribution < 1.29 is 9.53 Å². The molecular formula is C22H26O2. The van der Waals surface area contributed by atoms with Crippen LogP contribution < -0.4 is 0 Å². The van der Waals surface area contributed by atoms with Crippen molar-refractivity contribution in [2.24, 2.45) is 0 Å². The first kappa shape index (κ1) is 18.0. The summed E-state index contributed by atoms with van der Waals surface area (Å²) in [6.07, 6.45) is 13.3. The molecule has 0 saturated carbocycles. The number of carbonyl (C=O) groups is 1. The van der Waals surface area contributed by atoms with Crippen molar-refractivity contribution in [2.45, 2.75) is 40.0 Å². The van der Waals surface area contributed by atoms with Crippen molar-refractivity contribution in [2.75, 3.05) is 6.61 Å². The first-order valence-electron chi connectivity index (χ1n) is 8.59. The van der Waals surface area contributed by atoms with Gasteiger partial charge in [0.1, 0.15) is 0 Å². The second-order valence-corrected chi connectivity index (χ2v) is 6.09. The van der Waals surface area contributed by atoms with E-state index < -0.39 is 0 Å². The van der Waals surface area contributed by atoms with Crippen LogP contribution in [0.3, 0.4) is 0 Å². The average Bonchev–Trinajstić information content (AvgIpc) is 2.55. The maximum Gasteiger partial charge on any atom is 0.330 e. The molecule has 1 aromatic carbocycles. The molecule has 0 radical (unpaired) electrons. The Morgan fingerprint density at radius 3 is 2.75 bits per heavy atom. The third-order valence-corrected chi connectivity index (χ3v) is 4.01. The van der Waals surface area contributed by atoms with Crippen LogP contribution in [0.5, 0.6) is 0 Å². The third-order valence-electron chi connectivity index (χ3n) is 4.01. The van der Waals surface area contributed by atoms with Gasteiger partial charge in [0.25, 0.3) is 0 Å². The second-order valence-electron chi connectivity index (χ2n) is 6.09. The van der Waals surface area contributed by atoms with Gasteiger partial charge >= 0.3 is 5.97 Å². The predicted molar refractivity (Wildman–Crippen MR) is 101 cm³/mol. The first-order valence-corrected chi connectivity index (χ1v) is 8.59. The quantitative estimate of drug-likeness (QED) is 0.411. The lowest BCUT2D eigenvalue weighted by atomic mass is 9.86. The molecule has 2 heteroatoms.